The maximum absolute atomic E-state index is 6.00. The summed E-state index contributed by atoms with van der Waals surface area (Å²) in [5.74, 6) is 1.12. The van der Waals surface area contributed by atoms with Crippen LogP contribution in [-0.4, -0.2) is 9.97 Å². The molecule has 0 saturated carbocycles. The molecule has 3 aromatic rings. The van der Waals surface area contributed by atoms with Crippen LogP contribution >= 0.6 is 34.5 Å². The predicted octanol–water partition coefficient (Wildman–Crippen LogP) is 5.41. The van der Waals surface area contributed by atoms with Gasteiger partial charge in [0.25, 0.3) is 0 Å². The zero-order chi connectivity index (χ0) is 14.3. The van der Waals surface area contributed by atoms with Crippen LogP contribution in [0.1, 0.15) is 10.4 Å². The standard InChI is InChI=1S/C14H10Cl2N2OS/c1-7-3-4-9(15)6-11(7)19-12-10-5-8(2)20-13(10)18-14(16)17-12/h3-6H,1-2H3. The fraction of sp³-hybridized carbons (Fsp3) is 0.143. The molecule has 0 bridgehead atoms. The molecule has 1 aromatic carbocycles. The van der Waals surface area contributed by atoms with Crippen LogP contribution in [0.15, 0.2) is 24.3 Å². The molecule has 3 rings (SSSR count). The third-order valence-electron chi connectivity index (χ3n) is 2.81. The topological polar surface area (TPSA) is 35.0 Å². The summed E-state index contributed by atoms with van der Waals surface area (Å²) in [6.45, 7) is 3.96. The van der Waals surface area contributed by atoms with Gasteiger partial charge in [-0.25, -0.2) is 4.98 Å². The van der Waals surface area contributed by atoms with Crippen molar-refractivity contribution < 1.29 is 4.74 Å². The van der Waals surface area contributed by atoms with Crippen molar-refractivity contribution in [2.45, 2.75) is 13.8 Å². The molecule has 0 aliphatic heterocycles. The van der Waals surface area contributed by atoms with Crippen LogP contribution < -0.4 is 4.74 Å². The van der Waals surface area contributed by atoms with E-state index in [4.69, 9.17) is 27.9 Å². The quantitative estimate of drug-likeness (QED) is 0.591. The van der Waals surface area contributed by atoms with Gasteiger partial charge in [-0.05, 0) is 49.2 Å². The molecule has 20 heavy (non-hydrogen) atoms. The molecule has 0 aliphatic carbocycles. The molecule has 0 saturated heterocycles. The average Bonchev–Trinajstić information content (AvgIpc) is 2.74. The van der Waals surface area contributed by atoms with Crippen LogP contribution in [0.4, 0.5) is 0 Å². The van der Waals surface area contributed by atoms with Gasteiger partial charge in [-0.3, -0.25) is 0 Å². The van der Waals surface area contributed by atoms with E-state index in [2.05, 4.69) is 9.97 Å². The molecule has 2 aromatic heterocycles. The Morgan fingerprint density at radius 2 is 1.90 bits per heavy atom. The van der Waals surface area contributed by atoms with Crippen molar-refractivity contribution in [2.24, 2.45) is 0 Å². The van der Waals surface area contributed by atoms with Gasteiger partial charge in [0, 0.05) is 9.90 Å². The van der Waals surface area contributed by atoms with E-state index in [1.807, 2.05) is 32.0 Å². The van der Waals surface area contributed by atoms with E-state index in [1.165, 1.54) is 0 Å². The van der Waals surface area contributed by atoms with Crippen LogP contribution in [-0.2, 0) is 0 Å². The lowest BCUT2D eigenvalue weighted by atomic mass is 10.2. The van der Waals surface area contributed by atoms with E-state index in [-0.39, 0.29) is 5.28 Å². The van der Waals surface area contributed by atoms with Gasteiger partial charge in [-0.1, -0.05) is 17.7 Å². The summed E-state index contributed by atoms with van der Waals surface area (Å²) < 4.78 is 5.88. The van der Waals surface area contributed by atoms with Crippen molar-refractivity contribution in [1.82, 2.24) is 9.97 Å². The van der Waals surface area contributed by atoms with E-state index in [1.54, 1.807) is 17.4 Å². The maximum Gasteiger partial charge on any atom is 0.232 e. The number of rotatable bonds is 2. The molecule has 0 atom stereocenters. The molecule has 0 spiro atoms. The number of ether oxygens (including phenoxy) is 1. The average molecular weight is 325 g/mol. The molecule has 102 valence electrons. The van der Waals surface area contributed by atoms with Gasteiger partial charge >= 0.3 is 0 Å². The second-order valence-corrected chi connectivity index (χ2v) is 6.39. The molecule has 0 radical (unpaired) electrons. The lowest BCUT2D eigenvalue weighted by Crippen LogP contribution is -1.93. The summed E-state index contributed by atoms with van der Waals surface area (Å²) >= 11 is 13.5. The van der Waals surface area contributed by atoms with Gasteiger partial charge in [-0.2, -0.15) is 4.98 Å². The van der Waals surface area contributed by atoms with E-state index < -0.39 is 0 Å². The van der Waals surface area contributed by atoms with Gasteiger partial charge in [0.1, 0.15) is 10.6 Å². The largest absolute Gasteiger partial charge is 0.438 e. The van der Waals surface area contributed by atoms with E-state index in [0.717, 1.165) is 20.7 Å². The Labute approximate surface area is 130 Å². The maximum atomic E-state index is 6.00. The van der Waals surface area contributed by atoms with Crippen LogP contribution in [0.3, 0.4) is 0 Å². The lowest BCUT2D eigenvalue weighted by Gasteiger charge is -2.09. The highest BCUT2D eigenvalue weighted by Gasteiger charge is 2.13. The van der Waals surface area contributed by atoms with Gasteiger partial charge in [0.15, 0.2) is 0 Å². The summed E-state index contributed by atoms with van der Waals surface area (Å²) in [6.07, 6.45) is 0. The fourth-order valence-electron chi connectivity index (χ4n) is 1.86. The number of aryl methyl sites for hydroxylation is 2. The molecule has 6 heteroatoms. The highest BCUT2D eigenvalue weighted by molar-refractivity contribution is 7.18. The third kappa shape index (κ3) is 2.59. The smallest absolute Gasteiger partial charge is 0.232 e. The number of benzene rings is 1. The minimum absolute atomic E-state index is 0.175. The van der Waals surface area contributed by atoms with Gasteiger partial charge in [-0.15, -0.1) is 11.3 Å². The lowest BCUT2D eigenvalue weighted by molar-refractivity contribution is 0.465. The summed E-state index contributed by atoms with van der Waals surface area (Å²) in [5.41, 5.74) is 0.976. The molecular formula is C14H10Cl2N2OS. The number of thiophene rings is 1. The van der Waals surface area contributed by atoms with Crippen molar-refractivity contribution in [3.63, 3.8) is 0 Å². The summed E-state index contributed by atoms with van der Waals surface area (Å²) in [4.78, 5) is 10.3. The first-order valence-corrected chi connectivity index (χ1v) is 7.48. The number of hydrogen-bond donors (Lipinski definition) is 0. The normalized spacial score (nSPS) is 11.0. The molecule has 2 heterocycles. The number of nitrogens with zero attached hydrogens (tertiary/aromatic N) is 2. The SMILES string of the molecule is Cc1cc2c(Oc3cc(Cl)ccc3C)nc(Cl)nc2s1. The number of halogens is 2. The Hall–Kier alpha value is -1.36. The fourth-order valence-corrected chi connectivity index (χ4v) is 3.10. The Kier molecular flexibility index (Phi) is 3.54. The molecule has 0 unspecified atom stereocenters. The minimum Gasteiger partial charge on any atom is -0.438 e. The van der Waals surface area contributed by atoms with E-state index >= 15 is 0 Å². The van der Waals surface area contributed by atoms with Crippen molar-refractivity contribution in [2.75, 3.05) is 0 Å². The number of hydrogen-bond acceptors (Lipinski definition) is 4. The molecular weight excluding hydrogens is 315 g/mol. The van der Waals surface area contributed by atoms with E-state index in [9.17, 15) is 0 Å². The first kappa shape index (κ1) is 13.6. The van der Waals surface area contributed by atoms with Crippen molar-refractivity contribution in [3.05, 3.63) is 45.0 Å². The second kappa shape index (κ2) is 5.20. The van der Waals surface area contributed by atoms with Crippen molar-refractivity contribution >= 4 is 44.8 Å². The first-order chi connectivity index (χ1) is 9.52. The van der Waals surface area contributed by atoms with Crippen LogP contribution in [0.5, 0.6) is 11.6 Å². The second-order valence-electron chi connectivity index (χ2n) is 4.39. The Morgan fingerprint density at radius 1 is 1.10 bits per heavy atom. The number of aromatic nitrogens is 2. The molecule has 0 fully saturated rings. The summed E-state index contributed by atoms with van der Waals surface area (Å²) in [6, 6.07) is 7.47. The monoisotopic (exact) mass is 324 g/mol. The zero-order valence-electron chi connectivity index (χ0n) is 10.8. The van der Waals surface area contributed by atoms with Crippen molar-refractivity contribution in [1.29, 1.82) is 0 Å². The molecule has 0 aliphatic rings. The Morgan fingerprint density at radius 3 is 2.70 bits per heavy atom. The van der Waals surface area contributed by atoms with E-state index in [0.29, 0.717) is 16.7 Å². The molecule has 0 N–H and O–H groups in total. The summed E-state index contributed by atoms with van der Waals surface area (Å²) in [7, 11) is 0. The highest BCUT2D eigenvalue weighted by atomic mass is 35.5. The predicted molar refractivity (Wildman–Crippen MR) is 83.4 cm³/mol. The van der Waals surface area contributed by atoms with Gasteiger partial charge < -0.3 is 4.74 Å². The Balaban J connectivity index is 2.12. The van der Waals surface area contributed by atoms with Crippen LogP contribution in [0.2, 0.25) is 10.3 Å². The van der Waals surface area contributed by atoms with Crippen molar-refractivity contribution in [3.8, 4) is 11.6 Å². The molecule has 0 amide bonds. The zero-order valence-corrected chi connectivity index (χ0v) is 13.1. The van der Waals surface area contributed by atoms with Crippen LogP contribution in [0.25, 0.3) is 10.2 Å². The van der Waals surface area contributed by atoms with Gasteiger partial charge in [0.2, 0.25) is 11.2 Å². The minimum atomic E-state index is 0.175. The highest BCUT2D eigenvalue weighted by Crippen LogP contribution is 2.35. The van der Waals surface area contributed by atoms with Gasteiger partial charge in [0.05, 0.1) is 5.39 Å². The number of fused-ring (bicyclic) bond motifs is 1. The first-order valence-electron chi connectivity index (χ1n) is 5.90. The molecule has 3 nitrogen and oxygen atoms in total. The third-order valence-corrected chi connectivity index (χ3v) is 4.16. The summed E-state index contributed by atoms with van der Waals surface area (Å²) in [5, 5.41) is 1.65. The van der Waals surface area contributed by atoms with Crippen LogP contribution in [0, 0.1) is 13.8 Å². The Bertz CT molecular complexity index is 801.